The quantitative estimate of drug-likeness (QED) is 0.881. The molecule has 3 heterocycles. The van der Waals surface area contributed by atoms with E-state index in [2.05, 4.69) is 16.0 Å². The standard InChI is InChI=1S/C17H20N2O2/c1-12-2-3-13-14(9-18-15(13)8-12)16(20)21-11-17-4-6-19(10-17)7-5-17/h2-3,8-9,18H,4-7,10-11H2,1H3. The summed E-state index contributed by atoms with van der Waals surface area (Å²) in [6.45, 7) is 6.01. The summed E-state index contributed by atoms with van der Waals surface area (Å²) in [4.78, 5) is 18.0. The summed E-state index contributed by atoms with van der Waals surface area (Å²) in [5, 5.41) is 0.947. The van der Waals surface area contributed by atoms with Crippen molar-refractivity contribution in [2.75, 3.05) is 26.2 Å². The number of ether oxygens (including phenoxy) is 1. The molecule has 4 nitrogen and oxygen atoms in total. The van der Waals surface area contributed by atoms with Gasteiger partial charge in [-0.25, -0.2) is 4.79 Å². The summed E-state index contributed by atoms with van der Waals surface area (Å²) in [5.74, 6) is -0.204. The average molecular weight is 284 g/mol. The molecule has 0 aliphatic carbocycles. The normalized spacial score (nSPS) is 27.4. The van der Waals surface area contributed by atoms with Crippen LogP contribution in [0.3, 0.4) is 0 Å². The third-order valence-electron chi connectivity index (χ3n) is 5.04. The predicted molar refractivity (Wildman–Crippen MR) is 81.4 cm³/mol. The summed E-state index contributed by atoms with van der Waals surface area (Å²) >= 11 is 0. The Kier molecular flexibility index (Phi) is 2.82. The van der Waals surface area contributed by atoms with Gasteiger partial charge in [-0.05, 0) is 44.5 Å². The van der Waals surface area contributed by atoms with Crippen LogP contribution in [0.2, 0.25) is 0 Å². The van der Waals surface area contributed by atoms with Crippen molar-refractivity contribution >= 4 is 16.9 Å². The molecule has 2 aromatic rings. The van der Waals surface area contributed by atoms with Gasteiger partial charge in [0.1, 0.15) is 0 Å². The zero-order valence-electron chi connectivity index (χ0n) is 12.3. The summed E-state index contributed by atoms with van der Waals surface area (Å²) in [6.07, 6.45) is 4.08. The first-order chi connectivity index (χ1) is 10.2. The maximum absolute atomic E-state index is 12.4. The maximum atomic E-state index is 12.4. The van der Waals surface area contributed by atoms with Crippen molar-refractivity contribution < 1.29 is 9.53 Å². The molecule has 0 saturated carbocycles. The van der Waals surface area contributed by atoms with E-state index in [0.29, 0.717) is 12.2 Å². The highest BCUT2D eigenvalue weighted by Gasteiger charge is 2.44. The molecule has 0 atom stereocenters. The third-order valence-corrected chi connectivity index (χ3v) is 5.04. The minimum Gasteiger partial charge on any atom is -0.461 e. The lowest BCUT2D eigenvalue weighted by atomic mass is 9.86. The summed E-state index contributed by atoms with van der Waals surface area (Å²) in [5.41, 5.74) is 3.04. The maximum Gasteiger partial charge on any atom is 0.340 e. The number of aromatic nitrogens is 1. The van der Waals surface area contributed by atoms with E-state index in [4.69, 9.17) is 4.74 Å². The lowest BCUT2D eigenvalue weighted by Crippen LogP contribution is -2.27. The number of esters is 1. The van der Waals surface area contributed by atoms with Gasteiger partial charge in [0.15, 0.2) is 0 Å². The molecule has 4 heteroatoms. The van der Waals surface area contributed by atoms with Gasteiger partial charge in [-0.15, -0.1) is 0 Å². The van der Waals surface area contributed by atoms with Crippen LogP contribution in [-0.2, 0) is 4.74 Å². The predicted octanol–water partition coefficient (Wildman–Crippen LogP) is 2.73. The Morgan fingerprint density at radius 1 is 1.38 bits per heavy atom. The molecule has 2 bridgehead atoms. The number of carbonyl (C=O) groups excluding carboxylic acids is 1. The van der Waals surface area contributed by atoms with Gasteiger partial charge in [0, 0.05) is 29.1 Å². The van der Waals surface area contributed by atoms with E-state index in [1.54, 1.807) is 6.20 Å². The first-order valence-electron chi connectivity index (χ1n) is 7.63. The molecule has 4 rings (SSSR count). The summed E-state index contributed by atoms with van der Waals surface area (Å²) in [7, 11) is 0. The number of hydrogen-bond acceptors (Lipinski definition) is 3. The lowest BCUT2D eigenvalue weighted by molar-refractivity contribution is 0.0326. The van der Waals surface area contributed by atoms with Crippen LogP contribution < -0.4 is 0 Å². The highest BCUT2D eigenvalue weighted by molar-refractivity contribution is 6.04. The van der Waals surface area contributed by atoms with E-state index in [-0.39, 0.29) is 11.4 Å². The highest BCUT2D eigenvalue weighted by Crippen LogP contribution is 2.40. The summed E-state index contributed by atoms with van der Waals surface area (Å²) in [6, 6.07) is 6.07. The number of piperidine rings is 1. The van der Waals surface area contributed by atoms with Crippen LogP contribution in [0.5, 0.6) is 0 Å². The highest BCUT2D eigenvalue weighted by atomic mass is 16.5. The van der Waals surface area contributed by atoms with Crippen LogP contribution in [0.25, 0.3) is 10.9 Å². The Bertz CT molecular complexity index is 696. The number of nitrogens with one attached hydrogen (secondary N) is 1. The van der Waals surface area contributed by atoms with E-state index in [0.717, 1.165) is 43.4 Å². The number of aromatic amines is 1. The number of benzene rings is 1. The molecule has 0 spiro atoms. The van der Waals surface area contributed by atoms with Crippen LogP contribution in [0.15, 0.2) is 24.4 Å². The Labute approximate surface area is 124 Å². The minimum atomic E-state index is -0.204. The number of aryl methyl sites for hydroxylation is 1. The van der Waals surface area contributed by atoms with Gasteiger partial charge in [-0.2, -0.15) is 0 Å². The first-order valence-corrected chi connectivity index (χ1v) is 7.63. The first kappa shape index (κ1) is 12.9. The third kappa shape index (κ3) is 2.14. The van der Waals surface area contributed by atoms with Gasteiger partial charge < -0.3 is 14.6 Å². The molecular weight excluding hydrogens is 264 g/mol. The number of H-pyrrole nitrogens is 1. The molecule has 2 aliphatic rings. The van der Waals surface area contributed by atoms with Crippen molar-refractivity contribution in [3.05, 3.63) is 35.5 Å². The van der Waals surface area contributed by atoms with Gasteiger partial charge in [0.05, 0.1) is 12.2 Å². The molecule has 0 amide bonds. The molecule has 2 aliphatic heterocycles. The number of hydrogen-bond donors (Lipinski definition) is 1. The Morgan fingerprint density at radius 3 is 2.90 bits per heavy atom. The second kappa shape index (κ2) is 4.60. The van der Waals surface area contributed by atoms with E-state index < -0.39 is 0 Å². The van der Waals surface area contributed by atoms with E-state index in [1.165, 1.54) is 5.56 Å². The number of rotatable bonds is 3. The van der Waals surface area contributed by atoms with Crippen LogP contribution in [0.1, 0.15) is 28.8 Å². The minimum absolute atomic E-state index is 0.204. The van der Waals surface area contributed by atoms with Crippen molar-refractivity contribution in [1.29, 1.82) is 0 Å². The van der Waals surface area contributed by atoms with Gasteiger partial charge in [-0.1, -0.05) is 12.1 Å². The molecular formula is C17H20N2O2. The van der Waals surface area contributed by atoms with Crippen LogP contribution in [0, 0.1) is 12.3 Å². The average Bonchev–Trinajstić information content (AvgIpc) is 3.18. The largest absolute Gasteiger partial charge is 0.461 e. The lowest BCUT2D eigenvalue weighted by Gasteiger charge is -2.24. The number of nitrogens with zero attached hydrogens (tertiary/aromatic N) is 1. The van der Waals surface area contributed by atoms with Crippen molar-refractivity contribution in [2.45, 2.75) is 19.8 Å². The SMILES string of the molecule is Cc1ccc2c(C(=O)OCC34CCN(CC3)C4)c[nH]c2c1. The molecule has 110 valence electrons. The van der Waals surface area contributed by atoms with Gasteiger partial charge in [0.2, 0.25) is 0 Å². The monoisotopic (exact) mass is 284 g/mol. The van der Waals surface area contributed by atoms with Crippen LogP contribution in [0.4, 0.5) is 0 Å². The molecule has 21 heavy (non-hydrogen) atoms. The number of carbonyl (C=O) groups is 1. The summed E-state index contributed by atoms with van der Waals surface area (Å²) < 4.78 is 5.64. The van der Waals surface area contributed by atoms with Crippen molar-refractivity contribution in [2.24, 2.45) is 5.41 Å². The van der Waals surface area contributed by atoms with Gasteiger partial charge in [-0.3, -0.25) is 0 Å². The van der Waals surface area contributed by atoms with Crippen molar-refractivity contribution in [1.82, 2.24) is 9.88 Å². The van der Waals surface area contributed by atoms with E-state index in [1.807, 2.05) is 19.1 Å². The van der Waals surface area contributed by atoms with E-state index in [9.17, 15) is 4.79 Å². The second-order valence-electron chi connectivity index (χ2n) is 6.60. The molecule has 1 aromatic heterocycles. The molecule has 0 radical (unpaired) electrons. The smallest absolute Gasteiger partial charge is 0.340 e. The van der Waals surface area contributed by atoms with E-state index >= 15 is 0 Å². The fraction of sp³-hybridized carbons (Fsp3) is 0.471. The van der Waals surface area contributed by atoms with Crippen molar-refractivity contribution in [3.63, 3.8) is 0 Å². The van der Waals surface area contributed by atoms with Crippen LogP contribution in [-0.4, -0.2) is 42.1 Å². The fourth-order valence-electron chi connectivity index (χ4n) is 3.71. The number of fused-ring (bicyclic) bond motifs is 3. The fourth-order valence-corrected chi connectivity index (χ4v) is 3.71. The zero-order chi connectivity index (χ0) is 14.4. The van der Waals surface area contributed by atoms with Gasteiger partial charge in [0.25, 0.3) is 0 Å². The van der Waals surface area contributed by atoms with Crippen molar-refractivity contribution in [3.8, 4) is 0 Å². The molecule has 2 saturated heterocycles. The Balaban J connectivity index is 1.51. The molecule has 0 unspecified atom stereocenters. The van der Waals surface area contributed by atoms with Crippen LogP contribution >= 0.6 is 0 Å². The second-order valence-corrected chi connectivity index (χ2v) is 6.60. The topological polar surface area (TPSA) is 45.3 Å². The molecule has 1 aromatic carbocycles. The molecule has 1 N–H and O–H groups in total. The Hall–Kier alpha value is -1.81. The van der Waals surface area contributed by atoms with Gasteiger partial charge >= 0.3 is 5.97 Å². The zero-order valence-corrected chi connectivity index (χ0v) is 12.3. The molecule has 2 fully saturated rings. The Morgan fingerprint density at radius 2 is 2.19 bits per heavy atom.